The van der Waals surface area contributed by atoms with E-state index in [2.05, 4.69) is 31.9 Å². The van der Waals surface area contributed by atoms with Gasteiger partial charge >= 0.3 is 0 Å². The lowest BCUT2D eigenvalue weighted by atomic mass is 10.1. The van der Waals surface area contributed by atoms with E-state index in [1.54, 1.807) is 18.2 Å². The number of rotatable bonds is 2. The average Bonchev–Trinajstić information content (AvgIpc) is 2.29. The Morgan fingerprint density at radius 3 is 2.39 bits per heavy atom. The highest BCUT2D eigenvalue weighted by Gasteiger charge is 2.29. The minimum Gasteiger partial charge on any atom is -0.328 e. The number of nitrogens with zero attached hydrogens (tertiary/aromatic N) is 1. The zero-order chi connectivity index (χ0) is 13.3. The highest BCUT2D eigenvalue weighted by Crippen LogP contribution is 2.29. The summed E-state index contributed by atoms with van der Waals surface area (Å²) < 4.78 is 27.9. The summed E-state index contributed by atoms with van der Waals surface area (Å²) in [4.78, 5) is 0.307. The molecule has 0 spiro atoms. The molecule has 0 atom stereocenters. The van der Waals surface area contributed by atoms with Gasteiger partial charge in [0.05, 0.1) is 4.90 Å². The largest absolute Gasteiger partial charge is 0.328 e. The molecule has 18 heavy (non-hydrogen) atoms. The second-order valence-electron chi connectivity index (χ2n) is 4.32. The van der Waals surface area contributed by atoms with Crippen molar-refractivity contribution in [1.29, 1.82) is 0 Å². The number of halogens is 2. The lowest BCUT2D eigenvalue weighted by Gasteiger charge is -2.29. The molecular formula is C11H14Br2N2O2S. The van der Waals surface area contributed by atoms with E-state index >= 15 is 0 Å². The van der Waals surface area contributed by atoms with Crippen molar-refractivity contribution in [3.8, 4) is 0 Å². The van der Waals surface area contributed by atoms with Gasteiger partial charge in [0, 0.05) is 28.1 Å². The zero-order valence-electron chi connectivity index (χ0n) is 9.64. The van der Waals surface area contributed by atoms with E-state index in [4.69, 9.17) is 5.73 Å². The van der Waals surface area contributed by atoms with E-state index in [0.29, 0.717) is 35.3 Å². The third kappa shape index (κ3) is 2.96. The molecule has 4 nitrogen and oxygen atoms in total. The van der Waals surface area contributed by atoms with E-state index in [9.17, 15) is 8.42 Å². The van der Waals surface area contributed by atoms with Crippen LogP contribution >= 0.6 is 31.9 Å². The minimum absolute atomic E-state index is 0.116. The number of piperidine rings is 1. The molecule has 1 aromatic rings. The molecule has 0 unspecified atom stereocenters. The summed E-state index contributed by atoms with van der Waals surface area (Å²) >= 11 is 6.61. The molecule has 1 aliphatic rings. The van der Waals surface area contributed by atoms with Crippen molar-refractivity contribution in [2.24, 2.45) is 5.73 Å². The van der Waals surface area contributed by atoms with Crippen molar-refractivity contribution in [1.82, 2.24) is 4.31 Å². The fourth-order valence-corrected chi connectivity index (χ4v) is 5.12. The van der Waals surface area contributed by atoms with Crippen molar-refractivity contribution in [3.05, 3.63) is 27.1 Å². The van der Waals surface area contributed by atoms with E-state index in [-0.39, 0.29) is 6.04 Å². The molecule has 0 aliphatic carbocycles. The second-order valence-corrected chi connectivity index (χ2v) is 7.99. The Hall–Kier alpha value is 0.0500. The van der Waals surface area contributed by atoms with Crippen LogP contribution in [0, 0.1) is 0 Å². The topological polar surface area (TPSA) is 63.4 Å². The zero-order valence-corrected chi connectivity index (χ0v) is 13.6. The monoisotopic (exact) mass is 396 g/mol. The summed E-state index contributed by atoms with van der Waals surface area (Å²) in [5.41, 5.74) is 5.79. The van der Waals surface area contributed by atoms with Gasteiger partial charge in [-0.15, -0.1) is 0 Å². The number of benzene rings is 1. The Bertz CT molecular complexity index is 540. The number of nitrogens with two attached hydrogens (primary N) is 1. The average molecular weight is 398 g/mol. The molecule has 0 amide bonds. The molecule has 1 heterocycles. The Morgan fingerprint density at radius 2 is 1.83 bits per heavy atom. The summed E-state index contributed by atoms with van der Waals surface area (Å²) in [6.45, 7) is 0.984. The van der Waals surface area contributed by atoms with Gasteiger partial charge < -0.3 is 5.73 Å². The fraction of sp³-hybridized carbons (Fsp3) is 0.455. The van der Waals surface area contributed by atoms with Crippen LogP contribution in [0.1, 0.15) is 12.8 Å². The predicted molar refractivity (Wildman–Crippen MR) is 77.8 cm³/mol. The number of sulfonamides is 1. The molecule has 0 aromatic heterocycles. The Kier molecular flexibility index (Phi) is 4.48. The highest BCUT2D eigenvalue weighted by atomic mass is 79.9. The summed E-state index contributed by atoms with van der Waals surface area (Å²) in [6.07, 6.45) is 1.43. The number of hydrogen-bond acceptors (Lipinski definition) is 3. The molecule has 0 saturated carbocycles. The molecule has 1 saturated heterocycles. The van der Waals surface area contributed by atoms with E-state index in [1.807, 2.05) is 0 Å². The summed E-state index contributed by atoms with van der Waals surface area (Å²) in [7, 11) is -3.42. The smallest absolute Gasteiger partial charge is 0.244 e. The molecule has 0 radical (unpaired) electrons. The fourth-order valence-electron chi connectivity index (χ4n) is 1.94. The van der Waals surface area contributed by atoms with E-state index in [0.717, 1.165) is 4.47 Å². The molecule has 7 heteroatoms. The second kappa shape index (κ2) is 5.58. The molecule has 1 aromatic carbocycles. The first-order chi connectivity index (χ1) is 8.41. The lowest BCUT2D eigenvalue weighted by molar-refractivity contribution is 0.320. The highest BCUT2D eigenvalue weighted by molar-refractivity contribution is 9.11. The normalized spacial score (nSPS) is 19.1. The molecule has 0 bridgehead atoms. The van der Waals surface area contributed by atoms with Crippen LogP contribution in [-0.4, -0.2) is 31.9 Å². The Labute approximate surface area is 124 Å². The standard InChI is InChI=1S/C11H14Br2N2O2S/c12-8-1-2-11(10(13)7-8)18(16,17)15-5-3-9(14)4-6-15/h1-2,7,9H,3-6,14H2. The van der Waals surface area contributed by atoms with Gasteiger partial charge in [0.15, 0.2) is 0 Å². The molecule has 2 rings (SSSR count). The van der Waals surface area contributed by atoms with Gasteiger partial charge in [0.2, 0.25) is 10.0 Å². The third-order valence-electron chi connectivity index (χ3n) is 3.01. The molecule has 1 aliphatic heterocycles. The summed E-state index contributed by atoms with van der Waals surface area (Å²) in [6, 6.07) is 5.19. The van der Waals surface area contributed by atoms with Gasteiger partial charge in [-0.1, -0.05) is 15.9 Å². The van der Waals surface area contributed by atoms with Crippen molar-refractivity contribution < 1.29 is 8.42 Å². The Morgan fingerprint density at radius 1 is 1.22 bits per heavy atom. The maximum Gasteiger partial charge on any atom is 0.244 e. The SMILES string of the molecule is NC1CCN(S(=O)(=O)c2ccc(Br)cc2Br)CC1. The summed E-state index contributed by atoms with van der Waals surface area (Å²) in [5.74, 6) is 0. The minimum atomic E-state index is -3.42. The predicted octanol–water partition coefficient (Wildman–Crippen LogP) is 2.32. The maximum absolute atomic E-state index is 12.5. The van der Waals surface area contributed by atoms with Crippen LogP contribution < -0.4 is 5.73 Å². The van der Waals surface area contributed by atoms with Crippen LogP contribution in [0.4, 0.5) is 0 Å². The molecule has 2 N–H and O–H groups in total. The van der Waals surface area contributed by atoms with E-state index in [1.165, 1.54) is 4.31 Å². The maximum atomic E-state index is 12.5. The van der Waals surface area contributed by atoms with Crippen LogP contribution in [0.3, 0.4) is 0 Å². The van der Waals surface area contributed by atoms with Gasteiger partial charge in [-0.2, -0.15) is 4.31 Å². The first-order valence-corrected chi connectivity index (χ1v) is 8.64. The van der Waals surface area contributed by atoms with Crippen LogP contribution in [0.2, 0.25) is 0 Å². The first kappa shape index (κ1) is 14.5. The van der Waals surface area contributed by atoms with Crippen LogP contribution in [0.15, 0.2) is 32.0 Å². The number of hydrogen-bond donors (Lipinski definition) is 1. The molecule has 1 fully saturated rings. The van der Waals surface area contributed by atoms with Crippen molar-refractivity contribution >= 4 is 41.9 Å². The van der Waals surface area contributed by atoms with Crippen LogP contribution in [0.5, 0.6) is 0 Å². The van der Waals surface area contributed by atoms with Crippen LogP contribution in [-0.2, 0) is 10.0 Å². The van der Waals surface area contributed by atoms with Gasteiger partial charge in [-0.3, -0.25) is 0 Å². The van der Waals surface area contributed by atoms with Gasteiger partial charge in [-0.05, 0) is 47.0 Å². The summed E-state index contributed by atoms with van der Waals surface area (Å²) in [5, 5.41) is 0. The first-order valence-electron chi connectivity index (χ1n) is 5.62. The quantitative estimate of drug-likeness (QED) is 0.832. The molecule has 100 valence electrons. The van der Waals surface area contributed by atoms with Gasteiger partial charge in [0.1, 0.15) is 0 Å². The van der Waals surface area contributed by atoms with Crippen molar-refractivity contribution in [2.45, 2.75) is 23.8 Å². The molecular weight excluding hydrogens is 384 g/mol. The van der Waals surface area contributed by atoms with Gasteiger partial charge in [-0.25, -0.2) is 8.42 Å². The Balaban J connectivity index is 2.30. The lowest BCUT2D eigenvalue weighted by Crippen LogP contribution is -2.42. The van der Waals surface area contributed by atoms with Crippen LogP contribution in [0.25, 0.3) is 0 Å². The third-order valence-corrected chi connectivity index (χ3v) is 6.38. The van der Waals surface area contributed by atoms with Gasteiger partial charge in [0.25, 0.3) is 0 Å². The van der Waals surface area contributed by atoms with Crippen molar-refractivity contribution in [2.75, 3.05) is 13.1 Å². The van der Waals surface area contributed by atoms with E-state index < -0.39 is 10.0 Å². The van der Waals surface area contributed by atoms with Crippen molar-refractivity contribution in [3.63, 3.8) is 0 Å².